The van der Waals surface area contributed by atoms with E-state index < -0.39 is 0 Å². The first-order chi connectivity index (χ1) is 8.69. The van der Waals surface area contributed by atoms with Crippen molar-refractivity contribution in [1.29, 1.82) is 5.26 Å². The Bertz CT molecular complexity index is 564. The molecule has 2 aromatic rings. The van der Waals surface area contributed by atoms with Crippen molar-refractivity contribution in [3.8, 4) is 17.6 Å². The molecule has 90 valence electrons. The van der Waals surface area contributed by atoms with E-state index in [4.69, 9.17) is 10.00 Å². The second kappa shape index (κ2) is 5.37. The molecule has 0 unspecified atom stereocenters. The first kappa shape index (κ1) is 12.2. The van der Waals surface area contributed by atoms with Gasteiger partial charge < -0.3 is 4.74 Å². The van der Waals surface area contributed by atoms with Crippen molar-refractivity contribution in [2.75, 3.05) is 0 Å². The Labute approximate surface area is 107 Å². The third-order valence-electron chi connectivity index (χ3n) is 2.74. The van der Waals surface area contributed by atoms with Gasteiger partial charge >= 0.3 is 0 Å². The Hall–Kier alpha value is -2.27. The fourth-order valence-electron chi connectivity index (χ4n) is 1.67. The average molecular weight is 237 g/mol. The van der Waals surface area contributed by atoms with Crippen LogP contribution in [0.1, 0.15) is 30.9 Å². The monoisotopic (exact) mass is 237 g/mol. The van der Waals surface area contributed by atoms with Gasteiger partial charge in [0.05, 0.1) is 11.6 Å². The Morgan fingerprint density at radius 1 is 1.00 bits per heavy atom. The maximum Gasteiger partial charge on any atom is 0.127 e. The van der Waals surface area contributed by atoms with E-state index in [9.17, 15) is 0 Å². The molecule has 0 radical (unpaired) electrons. The van der Waals surface area contributed by atoms with Gasteiger partial charge in [0, 0.05) is 0 Å². The lowest BCUT2D eigenvalue weighted by Gasteiger charge is -2.09. The van der Waals surface area contributed by atoms with E-state index in [1.807, 2.05) is 18.2 Å². The van der Waals surface area contributed by atoms with Crippen molar-refractivity contribution in [3.05, 3.63) is 59.7 Å². The van der Waals surface area contributed by atoms with E-state index in [0.717, 1.165) is 11.5 Å². The molecular weight excluding hydrogens is 222 g/mol. The highest BCUT2D eigenvalue weighted by atomic mass is 16.5. The van der Waals surface area contributed by atoms with Crippen molar-refractivity contribution < 1.29 is 4.74 Å². The molecule has 18 heavy (non-hydrogen) atoms. The highest BCUT2D eigenvalue weighted by Crippen LogP contribution is 2.25. The number of nitrogens with zero attached hydrogens (tertiary/aromatic N) is 1. The van der Waals surface area contributed by atoms with E-state index in [-0.39, 0.29) is 0 Å². The second-order valence-electron chi connectivity index (χ2n) is 4.47. The molecule has 0 aromatic heterocycles. The summed E-state index contributed by atoms with van der Waals surface area (Å²) in [5.41, 5.74) is 1.89. The second-order valence-corrected chi connectivity index (χ2v) is 4.47. The SMILES string of the molecule is CC(C)c1cccc(Oc2ccc(C#N)cc2)c1. The third kappa shape index (κ3) is 2.89. The van der Waals surface area contributed by atoms with Gasteiger partial charge in [-0.1, -0.05) is 26.0 Å². The summed E-state index contributed by atoms with van der Waals surface area (Å²) >= 11 is 0. The molecule has 0 aliphatic heterocycles. The van der Waals surface area contributed by atoms with Crippen LogP contribution in [0.3, 0.4) is 0 Å². The van der Waals surface area contributed by atoms with Crippen LogP contribution in [0.2, 0.25) is 0 Å². The lowest BCUT2D eigenvalue weighted by molar-refractivity contribution is 0.481. The van der Waals surface area contributed by atoms with Gasteiger partial charge in [0.15, 0.2) is 0 Å². The summed E-state index contributed by atoms with van der Waals surface area (Å²) < 4.78 is 5.76. The Balaban J connectivity index is 2.18. The minimum Gasteiger partial charge on any atom is -0.457 e. The van der Waals surface area contributed by atoms with Gasteiger partial charge in [-0.2, -0.15) is 5.26 Å². The van der Waals surface area contributed by atoms with Gasteiger partial charge in [-0.05, 0) is 47.9 Å². The van der Waals surface area contributed by atoms with Crippen LogP contribution in [0.4, 0.5) is 0 Å². The molecule has 0 N–H and O–H groups in total. The van der Waals surface area contributed by atoms with Gasteiger partial charge in [0.1, 0.15) is 11.5 Å². The Morgan fingerprint density at radius 2 is 1.72 bits per heavy atom. The van der Waals surface area contributed by atoms with Crippen molar-refractivity contribution in [1.82, 2.24) is 0 Å². The summed E-state index contributed by atoms with van der Waals surface area (Å²) in [4.78, 5) is 0. The zero-order valence-corrected chi connectivity index (χ0v) is 10.6. The van der Waals surface area contributed by atoms with Gasteiger partial charge in [-0.15, -0.1) is 0 Å². The van der Waals surface area contributed by atoms with Gasteiger partial charge in [-0.3, -0.25) is 0 Å². The molecule has 2 nitrogen and oxygen atoms in total. The molecule has 0 spiro atoms. The minimum absolute atomic E-state index is 0.481. The average Bonchev–Trinajstić information content (AvgIpc) is 2.40. The molecule has 0 fully saturated rings. The molecule has 0 heterocycles. The minimum atomic E-state index is 0.481. The van der Waals surface area contributed by atoms with Gasteiger partial charge in [0.2, 0.25) is 0 Å². The summed E-state index contributed by atoms with van der Waals surface area (Å²) in [6.45, 7) is 4.31. The van der Waals surface area contributed by atoms with Crippen LogP contribution in [0, 0.1) is 11.3 Å². The standard InChI is InChI=1S/C16H15NO/c1-12(2)14-4-3-5-16(10-14)18-15-8-6-13(11-17)7-9-15/h3-10,12H,1-2H3. The number of hydrogen-bond acceptors (Lipinski definition) is 2. The molecule has 0 saturated heterocycles. The van der Waals surface area contributed by atoms with Crippen LogP contribution >= 0.6 is 0 Å². The predicted molar refractivity (Wildman–Crippen MR) is 71.8 cm³/mol. The zero-order valence-electron chi connectivity index (χ0n) is 10.6. The molecule has 2 rings (SSSR count). The van der Waals surface area contributed by atoms with Gasteiger partial charge in [-0.25, -0.2) is 0 Å². The number of benzene rings is 2. The molecule has 2 heteroatoms. The first-order valence-corrected chi connectivity index (χ1v) is 5.97. The van der Waals surface area contributed by atoms with E-state index >= 15 is 0 Å². The summed E-state index contributed by atoms with van der Waals surface area (Å²) in [5, 5.41) is 8.72. The van der Waals surface area contributed by atoms with Crippen LogP contribution in [-0.4, -0.2) is 0 Å². The maximum absolute atomic E-state index is 8.72. The lowest BCUT2D eigenvalue weighted by Crippen LogP contribution is -1.89. The number of hydrogen-bond donors (Lipinski definition) is 0. The smallest absolute Gasteiger partial charge is 0.127 e. The van der Waals surface area contributed by atoms with Crippen LogP contribution in [-0.2, 0) is 0 Å². The van der Waals surface area contributed by atoms with Crippen LogP contribution < -0.4 is 4.74 Å². The first-order valence-electron chi connectivity index (χ1n) is 5.97. The van der Waals surface area contributed by atoms with Crippen LogP contribution in [0.25, 0.3) is 0 Å². The van der Waals surface area contributed by atoms with Crippen molar-refractivity contribution in [3.63, 3.8) is 0 Å². The van der Waals surface area contributed by atoms with Crippen LogP contribution in [0.5, 0.6) is 11.5 Å². The number of rotatable bonds is 3. The molecule has 0 saturated carbocycles. The zero-order chi connectivity index (χ0) is 13.0. The van der Waals surface area contributed by atoms with E-state index in [1.54, 1.807) is 24.3 Å². The maximum atomic E-state index is 8.72. The topological polar surface area (TPSA) is 33.0 Å². The van der Waals surface area contributed by atoms with Gasteiger partial charge in [0.25, 0.3) is 0 Å². The quantitative estimate of drug-likeness (QED) is 0.788. The fourth-order valence-corrected chi connectivity index (χ4v) is 1.67. The van der Waals surface area contributed by atoms with Crippen molar-refractivity contribution >= 4 is 0 Å². The number of ether oxygens (including phenoxy) is 1. The molecule has 2 aromatic carbocycles. The van der Waals surface area contributed by atoms with E-state index in [2.05, 4.69) is 26.0 Å². The van der Waals surface area contributed by atoms with Crippen LogP contribution in [0.15, 0.2) is 48.5 Å². The fraction of sp³-hybridized carbons (Fsp3) is 0.188. The number of nitriles is 1. The normalized spacial score (nSPS) is 10.1. The lowest BCUT2D eigenvalue weighted by atomic mass is 10.0. The molecule has 0 bridgehead atoms. The predicted octanol–water partition coefficient (Wildman–Crippen LogP) is 4.47. The van der Waals surface area contributed by atoms with Crippen molar-refractivity contribution in [2.24, 2.45) is 0 Å². The largest absolute Gasteiger partial charge is 0.457 e. The van der Waals surface area contributed by atoms with Crippen molar-refractivity contribution in [2.45, 2.75) is 19.8 Å². The molecule has 0 aliphatic carbocycles. The molecular formula is C16H15NO. The Morgan fingerprint density at radius 3 is 2.33 bits per heavy atom. The summed E-state index contributed by atoms with van der Waals surface area (Å²) in [6, 6.07) is 17.3. The van der Waals surface area contributed by atoms with E-state index in [0.29, 0.717) is 11.5 Å². The summed E-state index contributed by atoms with van der Waals surface area (Å²) in [7, 11) is 0. The summed E-state index contributed by atoms with van der Waals surface area (Å²) in [6.07, 6.45) is 0. The van der Waals surface area contributed by atoms with E-state index in [1.165, 1.54) is 5.56 Å². The molecule has 0 aliphatic rings. The molecule has 0 atom stereocenters. The summed E-state index contributed by atoms with van der Waals surface area (Å²) in [5.74, 6) is 2.05. The highest BCUT2D eigenvalue weighted by molar-refractivity contribution is 5.38. The highest BCUT2D eigenvalue weighted by Gasteiger charge is 2.02. The molecule has 0 amide bonds. The third-order valence-corrected chi connectivity index (χ3v) is 2.74. The Kier molecular flexibility index (Phi) is 3.64.